The van der Waals surface area contributed by atoms with Gasteiger partial charge in [-0.3, -0.25) is 0 Å². The summed E-state index contributed by atoms with van der Waals surface area (Å²) < 4.78 is 0. The first-order chi connectivity index (χ1) is 6.86. The van der Waals surface area contributed by atoms with Crippen molar-refractivity contribution in [3.8, 4) is 0 Å². The molecule has 1 aliphatic carbocycles. The van der Waals surface area contributed by atoms with Crippen molar-refractivity contribution in [2.24, 2.45) is 11.8 Å². The average molecular weight is 199 g/mol. The highest BCUT2D eigenvalue weighted by atomic mass is 14.9. The zero-order valence-corrected chi connectivity index (χ0v) is 10.8. The van der Waals surface area contributed by atoms with Crippen LogP contribution in [0.2, 0.25) is 0 Å². The molecule has 3 unspecified atom stereocenters. The van der Waals surface area contributed by atoms with Crippen molar-refractivity contribution < 1.29 is 0 Å². The molecule has 1 N–H and O–H groups in total. The van der Waals surface area contributed by atoms with Gasteiger partial charge in [0, 0.05) is 6.04 Å². The first kappa shape index (κ1) is 14.0. The van der Waals surface area contributed by atoms with E-state index in [0.29, 0.717) is 0 Å². The molecule has 1 saturated heterocycles. The Balaban J connectivity index is 0.000000379. The molecule has 2 rings (SSSR count). The second kappa shape index (κ2) is 8.28. The number of hydrogen-bond donors (Lipinski definition) is 1. The molecule has 1 heterocycles. The summed E-state index contributed by atoms with van der Waals surface area (Å²) in [5.74, 6) is 2.02. The van der Waals surface area contributed by atoms with E-state index in [2.05, 4.69) is 12.2 Å². The highest BCUT2D eigenvalue weighted by molar-refractivity contribution is 4.89. The van der Waals surface area contributed by atoms with Crippen LogP contribution in [0.25, 0.3) is 0 Å². The number of fused-ring (bicyclic) bond motifs is 1. The number of hydrogen-bond acceptors (Lipinski definition) is 1. The molecular formula is C13H29N. The van der Waals surface area contributed by atoms with Crippen LogP contribution in [-0.2, 0) is 0 Å². The van der Waals surface area contributed by atoms with Gasteiger partial charge in [0.2, 0.25) is 0 Å². The Kier molecular flexibility index (Phi) is 8.26. The molecular weight excluding hydrogens is 170 g/mol. The Morgan fingerprint density at radius 2 is 1.64 bits per heavy atom. The molecule has 0 aromatic heterocycles. The van der Waals surface area contributed by atoms with Gasteiger partial charge in [-0.1, -0.05) is 34.6 Å². The molecule has 0 aromatic rings. The molecule has 1 saturated carbocycles. The predicted octanol–water partition coefficient (Wildman–Crippen LogP) is 3.84. The fourth-order valence-electron chi connectivity index (χ4n) is 2.62. The second-order valence-corrected chi connectivity index (χ2v) is 4.04. The highest BCUT2D eigenvalue weighted by Crippen LogP contribution is 2.35. The molecule has 14 heavy (non-hydrogen) atoms. The third-order valence-corrected chi connectivity index (χ3v) is 3.09. The molecule has 0 bridgehead atoms. The van der Waals surface area contributed by atoms with Gasteiger partial charge in [0.1, 0.15) is 0 Å². The van der Waals surface area contributed by atoms with Gasteiger partial charge >= 0.3 is 0 Å². The molecule has 0 radical (unpaired) electrons. The summed E-state index contributed by atoms with van der Waals surface area (Å²) in [7, 11) is 0. The predicted molar refractivity (Wildman–Crippen MR) is 65.6 cm³/mol. The summed E-state index contributed by atoms with van der Waals surface area (Å²) in [6, 6.07) is 0.892. The van der Waals surface area contributed by atoms with Crippen molar-refractivity contribution in [1.82, 2.24) is 5.32 Å². The Bertz CT molecular complexity index is 108. The summed E-state index contributed by atoms with van der Waals surface area (Å²) in [4.78, 5) is 0. The summed E-state index contributed by atoms with van der Waals surface area (Å²) >= 11 is 0. The molecule has 0 amide bonds. The topological polar surface area (TPSA) is 12.0 Å². The minimum Gasteiger partial charge on any atom is -0.314 e. The molecule has 1 heteroatoms. The van der Waals surface area contributed by atoms with E-state index in [1.165, 1.54) is 32.2 Å². The molecule has 2 aliphatic rings. The van der Waals surface area contributed by atoms with Crippen LogP contribution in [-0.4, -0.2) is 12.6 Å². The van der Waals surface area contributed by atoms with Gasteiger partial charge in [-0.2, -0.15) is 0 Å². The maximum Gasteiger partial charge on any atom is 0.00979 e. The highest BCUT2D eigenvalue weighted by Gasteiger charge is 2.32. The van der Waals surface area contributed by atoms with E-state index in [-0.39, 0.29) is 0 Å². The standard InChI is InChI=1S/C9H17N.2C2H6/c1-7-5-8-3-2-4-10-9(8)6-7;2*1-2/h7-10H,2-6H2,1H3;2*1-2H3. The first-order valence-corrected chi connectivity index (χ1v) is 6.59. The van der Waals surface area contributed by atoms with E-state index in [0.717, 1.165) is 17.9 Å². The summed E-state index contributed by atoms with van der Waals surface area (Å²) in [5, 5.41) is 3.61. The number of piperidine rings is 1. The van der Waals surface area contributed by atoms with Crippen LogP contribution in [0.15, 0.2) is 0 Å². The van der Waals surface area contributed by atoms with E-state index in [1.54, 1.807) is 0 Å². The fraction of sp³-hybridized carbons (Fsp3) is 1.00. The third-order valence-electron chi connectivity index (χ3n) is 3.09. The SMILES string of the molecule is CC.CC.CC1CC2CCCNC2C1. The lowest BCUT2D eigenvalue weighted by atomic mass is 9.94. The maximum atomic E-state index is 3.61. The minimum absolute atomic E-state index is 0.892. The van der Waals surface area contributed by atoms with Gasteiger partial charge in [-0.15, -0.1) is 0 Å². The van der Waals surface area contributed by atoms with Crippen LogP contribution in [0.1, 0.15) is 60.3 Å². The van der Waals surface area contributed by atoms with Crippen molar-refractivity contribution in [3.05, 3.63) is 0 Å². The minimum atomic E-state index is 0.892. The Morgan fingerprint density at radius 1 is 1.00 bits per heavy atom. The number of rotatable bonds is 0. The van der Waals surface area contributed by atoms with Crippen LogP contribution in [0.4, 0.5) is 0 Å². The summed E-state index contributed by atoms with van der Waals surface area (Å²) in [5.41, 5.74) is 0. The van der Waals surface area contributed by atoms with Crippen molar-refractivity contribution in [2.75, 3.05) is 6.54 Å². The van der Waals surface area contributed by atoms with Crippen molar-refractivity contribution in [2.45, 2.75) is 66.3 Å². The normalized spacial score (nSPS) is 34.5. The van der Waals surface area contributed by atoms with E-state index >= 15 is 0 Å². The Morgan fingerprint density at radius 3 is 2.21 bits per heavy atom. The molecule has 0 aromatic carbocycles. The van der Waals surface area contributed by atoms with Gasteiger partial charge in [0.15, 0.2) is 0 Å². The molecule has 1 aliphatic heterocycles. The monoisotopic (exact) mass is 199 g/mol. The van der Waals surface area contributed by atoms with Crippen LogP contribution in [0, 0.1) is 11.8 Å². The Labute approximate surface area is 90.7 Å². The maximum absolute atomic E-state index is 3.61. The fourth-order valence-corrected chi connectivity index (χ4v) is 2.62. The van der Waals surface area contributed by atoms with Crippen LogP contribution in [0.3, 0.4) is 0 Å². The molecule has 1 nitrogen and oxygen atoms in total. The van der Waals surface area contributed by atoms with Crippen molar-refractivity contribution in [3.63, 3.8) is 0 Å². The molecule has 86 valence electrons. The summed E-state index contributed by atoms with van der Waals surface area (Å²) in [6.07, 6.45) is 5.82. The second-order valence-electron chi connectivity index (χ2n) is 4.04. The van der Waals surface area contributed by atoms with Crippen molar-refractivity contribution >= 4 is 0 Å². The van der Waals surface area contributed by atoms with E-state index in [1.807, 2.05) is 27.7 Å². The lowest BCUT2D eigenvalue weighted by Gasteiger charge is -2.26. The van der Waals surface area contributed by atoms with Crippen LogP contribution in [0.5, 0.6) is 0 Å². The molecule has 3 atom stereocenters. The molecule has 0 spiro atoms. The van der Waals surface area contributed by atoms with E-state index in [9.17, 15) is 0 Å². The van der Waals surface area contributed by atoms with E-state index < -0.39 is 0 Å². The zero-order valence-electron chi connectivity index (χ0n) is 10.8. The van der Waals surface area contributed by atoms with Gasteiger partial charge in [0.25, 0.3) is 0 Å². The summed E-state index contributed by atoms with van der Waals surface area (Å²) in [6.45, 7) is 11.7. The van der Waals surface area contributed by atoms with E-state index in [4.69, 9.17) is 0 Å². The quantitative estimate of drug-likeness (QED) is 0.625. The first-order valence-electron chi connectivity index (χ1n) is 6.59. The average Bonchev–Trinajstić information content (AvgIpc) is 2.64. The number of nitrogens with one attached hydrogen (secondary N) is 1. The lowest BCUT2D eigenvalue weighted by molar-refractivity contribution is 0.318. The van der Waals surface area contributed by atoms with Crippen LogP contribution >= 0.6 is 0 Å². The smallest absolute Gasteiger partial charge is 0.00979 e. The zero-order chi connectivity index (χ0) is 11.0. The third kappa shape index (κ3) is 4.00. The Hall–Kier alpha value is -0.0400. The van der Waals surface area contributed by atoms with Gasteiger partial charge in [-0.25, -0.2) is 0 Å². The lowest BCUT2D eigenvalue weighted by Crippen LogP contribution is -2.37. The van der Waals surface area contributed by atoms with Gasteiger partial charge in [-0.05, 0) is 44.1 Å². The largest absolute Gasteiger partial charge is 0.314 e. The van der Waals surface area contributed by atoms with Crippen molar-refractivity contribution in [1.29, 1.82) is 0 Å². The van der Waals surface area contributed by atoms with Gasteiger partial charge < -0.3 is 5.32 Å². The van der Waals surface area contributed by atoms with Gasteiger partial charge in [0.05, 0.1) is 0 Å². The van der Waals surface area contributed by atoms with Crippen LogP contribution < -0.4 is 5.32 Å². The molecule has 2 fully saturated rings.